The number of benzene rings is 1. The number of halogens is 2. The van der Waals surface area contributed by atoms with Crippen LogP contribution in [0.2, 0.25) is 0 Å². The van der Waals surface area contributed by atoms with Gasteiger partial charge in [-0.25, -0.2) is 0 Å². The van der Waals surface area contributed by atoms with Gasteiger partial charge >= 0.3 is 0 Å². The van der Waals surface area contributed by atoms with Crippen LogP contribution in [-0.4, -0.2) is 0 Å². The molecule has 0 radical (unpaired) electrons. The first-order valence-corrected chi connectivity index (χ1v) is 3.87. The van der Waals surface area contributed by atoms with Gasteiger partial charge < -0.3 is 0 Å². The second-order valence-electron chi connectivity index (χ2n) is 2.24. The van der Waals surface area contributed by atoms with Crippen molar-refractivity contribution in [1.29, 1.82) is 0 Å². The van der Waals surface area contributed by atoms with Crippen LogP contribution >= 0.6 is 23.6 Å². The third-order valence-corrected chi connectivity index (χ3v) is 1.79. The van der Waals surface area contributed by atoms with Crippen molar-refractivity contribution in [2.24, 2.45) is 0 Å². The zero-order valence-electron chi connectivity index (χ0n) is 5.99. The van der Waals surface area contributed by atoms with Gasteiger partial charge in [-0.1, -0.05) is 6.07 Å². The Morgan fingerprint density at radius 1 is 1.09 bits per heavy atom. The lowest BCUT2D eigenvalue weighted by Gasteiger charge is -2.05. The number of aryl methyl sites for hydroxylation is 1. The van der Waals surface area contributed by atoms with Crippen molar-refractivity contribution in [1.82, 2.24) is 0 Å². The molecule has 1 aromatic rings. The Kier molecular flexibility index (Phi) is 2.85. The molecule has 0 fully saturated rings. The lowest BCUT2D eigenvalue weighted by atomic mass is 10.2. The normalized spacial score (nSPS) is 9.36. The van der Waals surface area contributed by atoms with Crippen molar-refractivity contribution >= 4 is 34.9 Å². The fraction of sp³-hybridized carbons (Fsp3) is 0.143. The Morgan fingerprint density at radius 2 is 1.73 bits per heavy atom. The molecule has 0 aliphatic rings. The monoisotopic (exact) mass is 190 g/mol. The first kappa shape index (κ1) is 8.50. The molecule has 0 saturated heterocycles. The van der Waals surface area contributed by atoms with Crippen LogP contribution in [-0.2, 0) is 0 Å². The van der Waals surface area contributed by atoms with Gasteiger partial charge in [0, 0.05) is 23.6 Å². The first-order chi connectivity index (χ1) is 5.27. The molecule has 11 heavy (non-hydrogen) atoms. The van der Waals surface area contributed by atoms with Crippen molar-refractivity contribution in [3.05, 3.63) is 23.8 Å². The van der Waals surface area contributed by atoms with Crippen LogP contribution in [0.25, 0.3) is 0 Å². The minimum Gasteiger partial charge on any atom is -0.296 e. The van der Waals surface area contributed by atoms with E-state index >= 15 is 0 Å². The minimum absolute atomic E-state index is 0.771. The maximum atomic E-state index is 5.43. The molecule has 0 amide bonds. The van der Waals surface area contributed by atoms with Crippen molar-refractivity contribution in [3.8, 4) is 0 Å². The molecule has 2 N–H and O–H groups in total. The summed E-state index contributed by atoms with van der Waals surface area (Å²) in [5.41, 5.74) is 2.68. The van der Waals surface area contributed by atoms with E-state index in [4.69, 9.17) is 23.6 Å². The molecule has 0 saturated carbocycles. The maximum Gasteiger partial charge on any atom is 0.0737 e. The number of anilines is 2. The summed E-state index contributed by atoms with van der Waals surface area (Å²) >= 11 is 10.8. The molecule has 60 valence electrons. The molecule has 0 aliphatic carbocycles. The second kappa shape index (κ2) is 3.69. The zero-order valence-corrected chi connectivity index (χ0v) is 7.50. The molecule has 0 heterocycles. The second-order valence-corrected chi connectivity index (χ2v) is 2.62. The summed E-state index contributed by atoms with van der Waals surface area (Å²) < 4.78 is 0. The van der Waals surface area contributed by atoms with Gasteiger partial charge in [-0.15, -0.1) is 0 Å². The van der Waals surface area contributed by atoms with E-state index in [1.807, 2.05) is 25.1 Å². The van der Waals surface area contributed by atoms with Crippen LogP contribution < -0.4 is 9.67 Å². The third kappa shape index (κ3) is 1.91. The van der Waals surface area contributed by atoms with Gasteiger partial charge in [-0.05, 0) is 24.6 Å². The van der Waals surface area contributed by atoms with Crippen LogP contribution in [0.3, 0.4) is 0 Å². The molecule has 0 aliphatic heterocycles. The standard InChI is InChI=1S/C7H8Cl2N2/c1-5-2-3-6(10-8)7(4-5)11-9/h2-4,10-11H,1H3. The van der Waals surface area contributed by atoms with E-state index < -0.39 is 0 Å². The molecule has 0 unspecified atom stereocenters. The SMILES string of the molecule is Cc1ccc(NCl)c(NCl)c1. The molecule has 0 atom stereocenters. The van der Waals surface area contributed by atoms with Gasteiger partial charge in [0.05, 0.1) is 11.4 Å². The van der Waals surface area contributed by atoms with Crippen molar-refractivity contribution < 1.29 is 0 Å². The van der Waals surface area contributed by atoms with E-state index in [-0.39, 0.29) is 0 Å². The molecule has 0 bridgehead atoms. The fourth-order valence-corrected chi connectivity index (χ4v) is 1.14. The van der Waals surface area contributed by atoms with Crippen LogP contribution in [0, 0.1) is 6.92 Å². The van der Waals surface area contributed by atoms with E-state index in [9.17, 15) is 0 Å². The van der Waals surface area contributed by atoms with E-state index in [2.05, 4.69) is 9.67 Å². The van der Waals surface area contributed by atoms with Crippen LogP contribution in [0.15, 0.2) is 18.2 Å². The largest absolute Gasteiger partial charge is 0.296 e. The van der Waals surface area contributed by atoms with Crippen molar-refractivity contribution in [2.45, 2.75) is 6.92 Å². The summed E-state index contributed by atoms with van der Waals surface area (Å²) in [6, 6.07) is 5.70. The summed E-state index contributed by atoms with van der Waals surface area (Å²) in [5, 5.41) is 0. The molecular weight excluding hydrogens is 183 g/mol. The summed E-state index contributed by atoms with van der Waals surface area (Å²) in [4.78, 5) is 5.01. The molecule has 4 heteroatoms. The van der Waals surface area contributed by atoms with Gasteiger partial charge in [-0.2, -0.15) is 0 Å². The Hall–Kier alpha value is -0.600. The molecular formula is C7H8Cl2N2. The number of hydrogen-bond donors (Lipinski definition) is 2. The van der Waals surface area contributed by atoms with Gasteiger partial charge in [0.1, 0.15) is 0 Å². The van der Waals surface area contributed by atoms with Crippen LogP contribution in [0.4, 0.5) is 11.4 Å². The number of hydrogen-bond acceptors (Lipinski definition) is 2. The predicted octanol–water partition coefficient (Wildman–Crippen LogP) is 3.13. The van der Waals surface area contributed by atoms with Gasteiger partial charge in [-0.3, -0.25) is 9.67 Å². The average molecular weight is 191 g/mol. The summed E-state index contributed by atoms with van der Waals surface area (Å²) in [5.74, 6) is 0. The number of rotatable bonds is 2. The van der Waals surface area contributed by atoms with E-state index in [1.165, 1.54) is 0 Å². The van der Waals surface area contributed by atoms with E-state index in [1.54, 1.807) is 0 Å². The Balaban J connectivity index is 3.06. The molecule has 2 nitrogen and oxygen atoms in total. The first-order valence-electron chi connectivity index (χ1n) is 3.12. The smallest absolute Gasteiger partial charge is 0.0737 e. The van der Waals surface area contributed by atoms with Crippen molar-refractivity contribution in [3.63, 3.8) is 0 Å². The zero-order chi connectivity index (χ0) is 8.27. The Labute approximate surface area is 75.7 Å². The lowest BCUT2D eigenvalue weighted by molar-refractivity contribution is 1.47. The average Bonchev–Trinajstić information content (AvgIpc) is 2.04. The third-order valence-electron chi connectivity index (χ3n) is 1.38. The summed E-state index contributed by atoms with van der Waals surface area (Å²) in [6.07, 6.45) is 0. The highest BCUT2D eigenvalue weighted by atomic mass is 35.5. The highest BCUT2D eigenvalue weighted by Gasteiger charge is 1.98. The van der Waals surface area contributed by atoms with E-state index in [0.717, 1.165) is 16.9 Å². The highest BCUT2D eigenvalue weighted by molar-refractivity contribution is 6.28. The minimum atomic E-state index is 0.771. The summed E-state index contributed by atoms with van der Waals surface area (Å²) in [6.45, 7) is 1.98. The van der Waals surface area contributed by atoms with Crippen LogP contribution in [0.1, 0.15) is 5.56 Å². The molecule has 0 spiro atoms. The Morgan fingerprint density at radius 3 is 2.27 bits per heavy atom. The van der Waals surface area contributed by atoms with Gasteiger partial charge in [0.25, 0.3) is 0 Å². The molecule has 1 rings (SSSR count). The lowest BCUT2D eigenvalue weighted by Crippen LogP contribution is -1.88. The highest BCUT2D eigenvalue weighted by Crippen LogP contribution is 2.23. The van der Waals surface area contributed by atoms with E-state index in [0.29, 0.717) is 0 Å². The van der Waals surface area contributed by atoms with Gasteiger partial charge in [0.2, 0.25) is 0 Å². The maximum absolute atomic E-state index is 5.43. The fourth-order valence-electron chi connectivity index (χ4n) is 0.819. The Bertz CT molecular complexity index is 250. The van der Waals surface area contributed by atoms with Gasteiger partial charge in [0.15, 0.2) is 0 Å². The van der Waals surface area contributed by atoms with Crippen LogP contribution in [0.5, 0.6) is 0 Å². The predicted molar refractivity (Wildman–Crippen MR) is 50.1 cm³/mol. The van der Waals surface area contributed by atoms with Crippen molar-refractivity contribution in [2.75, 3.05) is 9.67 Å². The topological polar surface area (TPSA) is 24.1 Å². The quantitative estimate of drug-likeness (QED) is 0.701. The number of nitrogens with one attached hydrogen (secondary N) is 2. The summed E-state index contributed by atoms with van der Waals surface area (Å²) in [7, 11) is 0. The molecule has 1 aromatic carbocycles. The molecule has 0 aromatic heterocycles.